The molecule has 126 valence electrons. The average Bonchev–Trinajstić information content (AvgIpc) is 2.69. The zero-order valence-electron chi connectivity index (χ0n) is 13.8. The Morgan fingerprint density at radius 2 is 1.84 bits per heavy atom. The first-order valence-electron chi connectivity index (χ1n) is 8.32. The zero-order chi connectivity index (χ0) is 16.9. The summed E-state index contributed by atoms with van der Waals surface area (Å²) in [5.74, 6) is 0.652. The smallest absolute Gasteiger partial charge is 0.176 e. The van der Waals surface area contributed by atoms with Crippen LogP contribution in [0.5, 0.6) is 0 Å². The van der Waals surface area contributed by atoms with Gasteiger partial charge in [-0.15, -0.1) is 5.10 Å². The fourth-order valence-electron chi connectivity index (χ4n) is 2.87. The summed E-state index contributed by atoms with van der Waals surface area (Å²) in [6.45, 7) is 3.46. The van der Waals surface area contributed by atoms with E-state index in [0.717, 1.165) is 42.6 Å². The van der Waals surface area contributed by atoms with Crippen molar-refractivity contribution in [3.63, 3.8) is 0 Å². The molecule has 0 atom stereocenters. The highest BCUT2D eigenvalue weighted by Crippen LogP contribution is 2.19. The maximum atomic E-state index is 5.39. The van der Waals surface area contributed by atoms with Gasteiger partial charge in [-0.25, -0.2) is 0 Å². The number of nitrogens with zero attached hydrogens (tertiary/aromatic N) is 4. The molecular weight excluding hydrogens is 314 g/mol. The van der Waals surface area contributed by atoms with E-state index in [0.29, 0.717) is 5.82 Å². The van der Waals surface area contributed by atoms with E-state index < -0.39 is 0 Å². The monoisotopic (exact) mass is 333 g/mol. The number of fused-ring (bicyclic) bond motifs is 1. The Bertz CT molecular complexity index is 867. The lowest BCUT2D eigenvalue weighted by Crippen LogP contribution is -2.36. The molecule has 2 aromatic carbocycles. The van der Waals surface area contributed by atoms with Gasteiger partial charge in [-0.1, -0.05) is 36.4 Å². The molecule has 1 aliphatic heterocycles. The molecule has 0 aliphatic carbocycles. The average molecular weight is 333 g/mol. The number of rotatable bonds is 4. The molecule has 4 rings (SSSR count). The van der Waals surface area contributed by atoms with E-state index in [1.54, 1.807) is 12.4 Å². The molecule has 1 saturated heterocycles. The maximum absolute atomic E-state index is 5.39. The van der Waals surface area contributed by atoms with Crippen molar-refractivity contribution in [1.82, 2.24) is 10.2 Å². The van der Waals surface area contributed by atoms with Gasteiger partial charge in [0.15, 0.2) is 5.82 Å². The van der Waals surface area contributed by atoms with Crippen molar-refractivity contribution in [2.75, 3.05) is 36.6 Å². The van der Waals surface area contributed by atoms with Gasteiger partial charge in [0.2, 0.25) is 0 Å². The molecule has 0 unspecified atom stereocenters. The Balaban J connectivity index is 1.44. The summed E-state index contributed by atoms with van der Waals surface area (Å²) >= 11 is 0. The largest absolute Gasteiger partial charge is 0.378 e. The number of hydrazone groups is 1. The first-order valence-corrected chi connectivity index (χ1v) is 8.32. The molecule has 1 fully saturated rings. The summed E-state index contributed by atoms with van der Waals surface area (Å²) in [6, 6.07) is 16.3. The first-order chi connectivity index (χ1) is 12.4. The van der Waals surface area contributed by atoms with Gasteiger partial charge in [0, 0.05) is 29.5 Å². The second-order valence-electron chi connectivity index (χ2n) is 5.84. The first kappa shape index (κ1) is 15.5. The van der Waals surface area contributed by atoms with Gasteiger partial charge in [-0.3, -0.25) is 5.43 Å². The molecule has 25 heavy (non-hydrogen) atoms. The number of ether oxygens (including phenoxy) is 1. The third kappa shape index (κ3) is 3.59. The van der Waals surface area contributed by atoms with E-state index in [1.807, 2.05) is 24.3 Å². The minimum atomic E-state index is 0.652. The predicted molar refractivity (Wildman–Crippen MR) is 100 cm³/mol. The van der Waals surface area contributed by atoms with Gasteiger partial charge in [0.1, 0.15) is 0 Å². The normalized spacial score (nSPS) is 15.0. The highest BCUT2D eigenvalue weighted by molar-refractivity contribution is 5.91. The third-order valence-corrected chi connectivity index (χ3v) is 4.22. The fraction of sp³-hybridized carbons (Fsp3) is 0.211. The Morgan fingerprint density at radius 3 is 2.68 bits per heavy atom. The number of benzene rings is 2. The summed E-state index contributed by atoms with van der Waals surface area (Å²) < 4.78 is 5.39. The molecule has 1 N–H and O–H groups in total. The summed E-state index contributed by atoms with van der Waals surface area (Å²) in [5.41, 5.74) is 5.22. The van der Waals surface area contributed by atoms with Crippen molar-refractivity contribution in [3.05, 3.63) is 60.3 Å². The van der Waals surface area contributed by atoms with Crippen LogP contribution in [0.3, 0.4) is 0 Å². The molecule has 2 heterocycles. The van der Waals surface area contributed by atoms with Crippen LogP contribution < -0.4 is 10.3 Å². The van der Waals surface area contributed by atoms with Crippen LogP contribution in [0.15, 0.2) is 59.8 Å². The lowest BCUT2D eigenvalue weighted by atomic mass is 10.2. The Hall–Kier alpha value is -2.99. The molecule has 0 spiro atoms. The summed E-state index contributed by atoms with van der Waals surface area (Å²) in [5, 5.41) is 14.4. The van der Waals surface area contributed by atoms with E-state index in [4.69, 9.17) is 4.74 Å². The molecule has 6 heteroatoms. The maximum Gasteiger partial charge on any atom is 0.176 e. The van der Waals surface area contributed by atoms with E-state index in [9.17, 15) is 0 Å². The van der Waals surface area contributed by atoms with Crippen molar-refractivity contribution in [3.8, 4) is 0 Å². The molecule has 6 nitrogen and oxygen atoms in total. The molecule has 0 amide bonds. The Kier molecular flexibility index (Phi) is 4.52. The summed E-state index contributed by atoms with van der Waals surface area (Å²) in [7, 11) is 0. The Labute approximate surface area is 146 Å². The number of nitrogens with one attached hydrogen (secondary N) is 1. The van der Waals surface area contributed by atoms with Crippen LogP contribution in [-0.4, -0.2) is 42.7 Å². The number of anilines is 2. The predicted octanol–water partition coefficient (Wildman–Crippen LogP) is 2.91. The van der Waals surface area contributed by atoms with Crippen molar-refractivity contribution < 1.29 is 4.74 Å². The van der Waals surface area contributed by atoms with Crippen molar-refractivity contribution >= 4 is 28.5 Å². The van der Waals surface area contributed by atoms with Crippen LogP contribution in [0, 0.1) is 0 Å². The zero-order valence-corrected chi connectivity index (χ0v) is 13.8. The van der Waals surface area contributed by atoms with Gasteiger partial charge in [0.25, 0.3) is 0 Å². The minimum absolute atomic E-state index is 0.652. The molecule has 0 bridgehead atoms. The van der Waals surface area contributed by atoms with E-state index in [-0.39, 0.29) is 0 Å². The molecular formula is C19H19N5O. The van der Waals surface area contributed by atoms with Crippen molar-refractivity contribution in [2.24, 2.45) is 5.10 Å². The van der Waals surface area contributed by atoms with Gasteiger partial charge < -0.3 is 9.64 Å². The number of hydrogen-bond acceptors (Lipinski definition) is 6. The SMILES string of the molecule is C(=N\Nc1nncc2ccccc12)/c1ccc(N2CCOCC2)cc1. The van der Waals surface area contributed by atoms with Crippen LogP contribution in [0.25, 0.3) is 10.8 Å². The number of hydrogen-bond donors (Lipinski definition) is 1. The summed E-state index contributed by atoms with van der Waals surface area (Å²) in [4.78, 5) is 2.33. The standard InChI is InChI=1S/C19H19N5O/c1-2-4-18-16(3-1)14-21-23-19(18)22-20-13-15-5-7-17(8-6-15)24-9-11-25-12-10-24/h1-8,13-14H,9-12H2,(H,22,23)/b20-13+. The molecule has 0 radical (unpaired) electrons. The van der Waals surface area contributed by atoms with Gasteiger partial charge in [-0.05, 0) is 17.7 Å². The van der Waals surface area contributed by atoms with E-state index in [1.165, 1.54) is 5.69 Å². The van der Waals surface area contributed by atoms with Gasteiger partial charge in [-0.2, -0.15) is 10.2 Å². The highest BCUT2D eigenvalue weighted by Gasteiger charge is 2.10. The van der Waals surface area contributed by atoms with E-state index in [2.05, 4.69) is 49.9 Å². The fourth-order valence-corrected chi connectivity index (χ4v) is 2.87. The molecule has 1 aromatic heterocycles. The Morgan fingerprint density at radius 1 is 1.04 bits per heavy atom. The van der Waals surface area contributed by atoms with Gasteiger partial charge >= 0.3 is 0 Å². The van der Waals surface area contributed by atoms with Crippen LogP contribution in [0.4, 0.5) is 11.5 Å². The van der Waals surface area contributed by atoms with Crippen LogP contribution in [0.2, 0.25) is 0 Å². The second kappa shape index (κ2) is 7.27. The second-order valence-corrected chi connectivity index (χ2v) is 5.84. The molecule has 3 aromatic rings. The highest BCUT2D eigenvalue weighted by atomic mass is 16.5. The number of morpholine rings is 1. The van der Waals surface area contributed by atoms with Crippen LogP contribution in [0.1, 0.15) is 5.56 Å². The van der Waals surface area contributed by atoms with E-state index >= 15 is 0 Å². The third-order valence-electron chi connectivity index (χ3n) is 4.22. The molecule has 0 saturated carbocycles. The minimum Gasteiger partial charge on any atom is -0.378 e. The molecule has 1 aliphatic rings. The van der Waals surface area contributed by atoms with Crippen molar-refractivity contribution in [1.29, 1.82) is 0 Å². The van der Waals surface area contributed by atoms with Crippen molar-refractivity contribution in [2.45, 2.75) is 0 Å². The van der Waals surface area contributed by atoms with Crippen LogP contribution >= 0.6 is 0 Å². The lowest BCUT2D eigenvalue weighted by molar-refractivity contribution is 0.122. The summed E-state index contributed by atoms with van der Waals surface area (Å²) in [6.07, 6.45) is 3.53. The number of aromatic nitrogens is 2. The quantitative estimate of drug-likeness (QED) is 0.587. The topological polar surface area (TPSA) is 62.6 Å². The van der Waals surface area contributed by atoms with Crippen LogP contribution in [-0.2, 0) is 4.74 Å². The van der Waals surface area contributed by atoms with Gasteiger partial charge in [0.05, 0.1) is 25.6 Å². The lowest BCUT2D eigenvalue weighted by Gasteiger charge is -2.28.